The van der Waals surface area contributed by atoms with Crippen molar-refractivity contribution in [1.82, 2.24) is 4.98 Å². The molecule has 1 heterocycles. The van der Waals surface area contributed by atoms with Crippen LogP contribution in [-0.2, 0) is 23.5 Å². The highest BCUT2D eigenvalue weighted by molar-refractivity contribution is 5.41. The fraction of sp³-hybridized carbons (Fsp3) is 0.308. The molecule has 0 N–H and O–H groups in total. The van der Waals surface area contributed by atoms with E-state index in [1.165, 1.54) is 25.1 Å². The molecule has 188 valence electrons. The molecule has 0 amide bonds. The topological polar surface area (TPSA) is 45.9 Å². The number of fused-ring (bicyclic) bond motifs is 1. The van der Waals surface area contributed by atoms with E-state index in [-0.39, 0.29) is 17.3 Å². The normalized spacial score (nSPS) is 18.9. The number of aromatic nitrogens is 1. The zero-order chi connectivity index (χ0) is 26.3. The number of aryl methyl sites for hydroxylation is 1. The minimum absolute atomic E-state index is 0.0762. The predicted molar refractivity (Wildman–Crippen MR) is 115 cm³/mol. The van der Waals surface area contributed by atoms with Crippen LogP contribution < -0.4 is 0 Å². The lowest BCUT2D eigenvalue weighted by Crippen LogP contribution is -2.31. The molecule has 3 aromatic rings. The number of hydrogen-bond donors (Lipinski definition) is 0. The molecule has 0 radical (unpaired) electrons. The van der Waals surface area contributed by atoms with Gasteiger partial charge in [-0.3, -0.25) is 0 Å². The van der Waals surface area contributed by atoms with Crippen LogP contribution in [0.15, 0.2) is 54.6 Å². The number of nitrogens with zero attached hydrogens (tertiary/aromatic N) is 2. The Kier molecular flexibility index (Phi) is 6.80. The summed E-state index contributed by atoms with van der Waals surface area (Å²) < 4.78 is 99.7. The van der Waals surface area contributed by atoms with Crippen LogP contribution in [-0.4, -0.2) is 11.1 Å². The van der Waals surface area contributed by atoms with Crippen molar-refractivity contribution in [2.75, 3.05) is 0 Å². The summed E-state index contributed by atoms with van der Waals surface area (Å²) in [7, 11) is 0. The Labute approximate surface area is 202 Å². The minimum atomic E-state index is -4.97. The maximum absolute atomic E-state index is 13.6. The van der Waals surface area contributed by atoms with E-state index >= 15 is 0 Å². The molecule has 10 heteroatoms. The van der Waals surface area contributed by atoms with Crippen LogP contribution in [0.4, 0.5) is 30.7 Å². The number of alkyl halides is 6. The van der Waals surface area contributed by atoms with Gasteiger partial charge in [-0.05, 0) is 72.9 Å². The van der Waals surface area contributed by atoms with Gasteiger partial charge in [0.1, 0.15) is 17.6 Å². The molecule has 1 aromatic heterocycles. The first-order chi connectivity index (χ1) is 16.9. The van der Waals surface area contributed by atoms with Crippen molar-refractivity contribution in [1.29, 1.82) is 5.26 Å². The summed E-state index contributed by atoms with van der Waals surface area (Å²) in [4.78, 5) is 4.33. The summed E-state index contributed by atoms with van der Waals surface area (Å²) in [6, 6.07) is 12.2. The lowest BCUT2D eigenvalue weighted by Gasteiger charge is -2.35. The zero-order valence-corrected chi connectivity index (χ0v) is 18.8. The molecule has 2 aromatic carbocycles. The maximum Gasteiger partial charge on any atom is 0.416 e. The molecule has 3 nitrogen and oxygen atoms in total. The molecule has 0 fully saturated rings. The van der Waals surface area contributed by atoms with Crippen molar-refractivity contribution in [2.45, 2.75) is 50.2 Å². The van der Waals surface area contributed by atoms with Crippen LogP contribution in [0.2, 0.25) is 0 Å². The van der Waals surface area contributed by atoms with E-state index in [0.29, 0.717) is 41.8 Å². The van der Waals surface area contributed by atoms with Crippen molar-refractivity contribution in [2.24, 2.45) is 0 Å². The van der Waals surface area contributed by atoms with Gasteiger partial charge in [-0.25, -0.2) is 9.37 Å². The first-order valence-corrected chi connectivity index (χ1v) is 11.0. The second-order valence-corrected chi connectivity index (χ2v) is 8.57. The molecule has 0 saturated heterocycles. The summed E-state index contributed by atoms with van der Waals surface area (Å²) in [6.45, 7) is 1.39. The van der Waals surface area contributed by atoms with E-state index in [1.54, 1.807) is 18.2 Å². The number of rotatable bonds is 4. The lowest BCUT2D eigenvalue weighted by molar-refractivity contribution is -0.143. The number of benzene rings is 2. The first kappa shape index (κ1) is 25.6. The molecular weight excluding hydrogens is 489 g/mol. The smallest absolute Gasteiger partial charge is 0.370 e. The molecule has 0 saturated carbocycles. The summed E-state index contributed by atoms with van der Waals surface area (Å²) in [6.07, 6.45) is -11.0. The van der Waals surface area contributed by atoms with Crippen LogP contribution >= 0.6 is 0 Å². The highest BCUT2D eigenvalue weighted by Gasteiger charge is 2.38. The van der Waals surface area contributed by atoms with Crippen LogP contribution in [0.1, 0.15) is 64.6 Å². The van der Waals surface area contributed by atoms with Gasteiger partial charge in [-0.1, -0.05) is 18.2 Å². The van der Waals surface area contributed by atoms with Crippen molar-refractivity contribution in [3.8, 4) is 6.07 Å². The average Bonchev–Trinajstić information content (AvgIpc) is 2.83. The van der Waals surface area contributed by atoms with Gasteiger partial charge in [0.05, 0.1) is 23.3 Å². The van der Waals surface area contributed by atoms with Crippen molar-refractivity contribution in [3.05, 3.63) is 99.6 Å². The molecule has 1 aliphatic rings. The Morgan fingerprint density at radius 2 is 1.56 bits per heavy atom. The summed E-state index contributed by atoms with van der Waals surface area (Å²) in [5.41, 5.74) is -0.915. The Bertz CT molecular complexity index is 1260. The molecule has 4 rings (SSSR count). The van der Waals surface area contributed by atoms with Crippen LogP contribution in [0, 0.1) is 17.1 Å². The number of nitriles is 1. The third kappa shape index (κ3) is 5.36. The minimum Gasteiger partial charge on any atom is -0.370 e. The van der Waals surface area contributed by atoms with Gasteiger partial charge in [-0.2, -0.15) is 31.6 Å². The number of ether oxygens (including phenoxy) is 1. The third-order valence-electron chi connectivity index (χ3n) is 6.18. The summed E-state index contributed by atoms with van der Waals surface area (Å²) in [5.74, 6) is -0.993. The largest absolute Gasteiger partial charge is 0.416 e. The highest BCUT2D eigenvalue weighted by atomic mass is 19.4. The van der Waals surface area contributed by atoms with Gasteiger partial charge in [0.15, 0.2) is 0 Å². The molecule has 0 spiro atoms. The third-order valence-corrected chi connectivity index (χ3v) is 6.18. The van der Waals surface area contributed by atoms with E-state index in [4.69, 9.17) is 10.00 Å². The molecule has 0 unspecified atom stereocenters. The summed E-state index contributed by atoms with van der Waals surface area (Å²) >= 11 is 0. The monoisotopic (exact) mass is 508 g/mol. The summed E-state index contributed by atoms with van der Waals surface area (Å²) in [5, 5.41) is 9.17. The number of halogens is 7. The van der Waals surface area contributed by atoms with Crippen LogP contribution in [0.3, 0.4) is 0 Å². The Morgan fingerprint density at radius 3 is 2.11 bits per heavy atom. The van der Waals surface area contributed by atoms with Gasteiger partial charge in [0.25, 0.3) is 0 Å². The van der Waals surface area contributed by atoms with Crippen molar-refractivity contribution < 1.29 is 35.5 Å². The second kappa shape index (κ2) is 9.54. The fourth-order valence-corrected chi connectivity index (χ4v) is 4.47. The quantitative estimate of drug-likeness (QED) is 0.346. The van der Waals surface area contributed by atoms with E-state index < -0.39 is 47.4 Å². The van der Waals surface area contributed by atoms with Gasteiger partial charge in [0, 0.05) is 11.6 Å². The molecule has 0 bridgehead atoms. The predicted octanol–water partition coefficient (Wildman–Crippen LogP) is 7.35. The SMILES string of the molecule is C[C@@H](O[C@H]1CCc2nc(C#N)ccc2[C@@H]1c1ccc(F)cc1)c1cc(C(F)(F)F)cc(C(F)(F)F)c1. The Hall–Kier alpha value is -3.45. The van der Waals surface area contributed by atoms with Crippen molar-refractivity contribution >= 4 is 0 Å². The van der Waals surface area contributed by atoms with E-state index in [2.05, 4.69) is 4.98 Å². The standard InChI is InChI=1S/C26H19F7N2O/c1-14(16-10-17(25(28,29)30)12-18(11-16)26(31,32)33)36-23-9-8-22-21(7-6-20(13-34)35-22)24(23)15-2-4-19(27)5-3-15/h2-7,10-12,14,23-24H,8-9H2,1H3/t14-,23+,24+/m1/s1. The van der Waals surface area contributed by atoms with Crippen LogP contribution in [0.25, 0.3) is 0 Å². The van der Waals surface area contributed by atoms with Crippen LogP contribution in [0.5, 0.6) is 0 Å². The number of pyridine rings is 1. The molecule has 36 heavy (non-hydrogen) atoms. The first-order valence-electron chi connectivity index (χ1n) is 11.0. The lowest BCUT2D eigenvalue weighted by atomic mass is 9.78. The maximum atomic E-state index is 13.6. The molecule has 0 aliphatic heterocycles. The van der Waals surface area contributed by atoms with E-state index in [0.717, 1.165) is 0 Å². The highest BCUT2D eigenvalue weighted by Crippen LogP contribution is 2.42. The Balaban J connectivity index is 1.72. The average molecular weight is 508 g/mol. The van der Waals surface area contributed by atoms with Crippen molar-refractivity contribution in [3.63, 3.8) is 0 Å². The van der Waals surface area contributed by atoms with Gasteiger partial charge in [-0.15, -0.1) is 0 Å². The molecule has 3 atom stereocenters. The van der Waals surface area contributed by atoms with E-state index in [9.17, 15) is 30.7 Å². The number of hydrogen-bond acceptors (Lipinski definition) is 3. The second-order valence-electron chi connectivity index (χ2n) is 8.57. The fourth-order valence-electron chi connectivity index (χ4n) is 4.47. The van der Waals surface area contributed by atoms with Gasteiger partial charge in [0.2, 0.25) is 0 Å². The van der Waals surface area contributed by atoms with Gasteiger partial charge < -0.3 is 4.74 Å². The molecule has 1 aliphatic carbocycles. The zero-order valence-electron chi connectivity index (χ0n) is 18.8. The Morgan fingerprint density at radius 1 is 0.944 bits per heavy atom. The van der Waals surface area contributed by atoms with Gasteiger partial charge >= 0.3 is 12.4 Å². The molecular formula is C26H19F7N2O. The van der Waals surface area contributed by atoms with E-state index in [1.807, 2.05) is 6.07 Å².